The molecular formula is C27H32N8O4. The van der Waals surface area contributed by atoms with Gasteiger partial charge in [-0.15, -0.1) is 10.2 Å². The lowest BCUT2D eigenvalue weighted by atomic mass is 9.98. The predicted molar refractivity (Wildman–Crippen MR) is 142 cm³/mol. The Morgan fingerprint density at radius 1 is 1.05 bits per heavy atom. The third-order valence-electron chi connectivity index (χ3n) is 6.79. The number of aromatic amines is 1. The first-order chi connectivity index (χ1) is 18.9. The number of aromatic nitrogens is 4. The van der Waals surface area contributed by atoms with Crippen molar-refractivity contribution in [3.05, 3.63) is 71.5 Å². The number of benzene rings is 2. The fraction of sp³-hybridized carbons (Fsp3) is 0.370. The number of H-pyrrole nitrogens is 1. The van der Waals surface area contributed by atoms with Crippen molar-refractivity contribution in [3.63, 3.8) is 0 Å². The first-order valence-corrected chi connectivity index (χ1v) is 12.9. The van der Waals surface area contributed by atoms with Crippen LogP contribution in [0.4, 0.5) is 5.69 Å². The molecule has 4 N–H and O–H groups in total. The van der Waals surface area contributed by atoms with E-state index >= 15 is 0 Å². The van der Waals surface area contributed by atoms with Gasteiger partial charge in [0.05, 0.1) is 19.5 Å². The van der Waals surface area contributed by atoms with E-state index in [1.54, 1.807) is 12.1 Å². The second-order valence-electron chi connectivity index (χ2n) is 9.47. The van der Waals surface area contributed by atoms with Crippen molar-refractivity contribution in [2.45, 2.75) is 51.7 Å². The average Bonchev–Trinajstić information content (AvgIpc) is 3.61. The normalized spacial score (nSPS) is 15.6. The third kappa shape index (κ3) is 6.83. The summed E-state index contributed by atoms with van der Waals surface area (Å²) in [6, 6.07) is 14.9. The van der Waals surface area contributed by atoms with Crippen LogP contribution in [-0.4, -0.2) is 62.9 Å². The first kappa shape index (κ1) is 27.4. The number of nitrogens with zero attached hydrogens (tertiary/aromatic N) is 4. The molecule has 39 heavy (non-hydrogen) atoms. The van der Waals surface area contributed by atoms with Gasteiger partial charge in [0.1, 0.15) is 12.1 Å². The van der Waals surface area contributed by atoms with Gasteiger partial charge < -0.3 is 16.0 Å². The first-order valence-electron chi connectivity index (χ1n) is 12.9. The second-order valence-corrected chi connectivity index (χ2v) is 9.47. The zero-order chi connectivity index (χ0) is 27.8. The summed E-state index contributed by atoms with van der Waals surface area (Å²) >= 11 is 0. The Bertz CT molecular complexity index is 1300. The van der Waals surface area contributed by atoms with Gasteiger partial charge in [0.2, 0.25) is 23.6 Å². The molecule has 0 radical (unpaired) electrons. The van der Waals surface area contributed by atoms with E-state index < -0.39 is 23.9 Å². The molecule has 0 bridgehead atoms. The summed E-state index contributed by atoms with van der Waals surface area (Å²) in [5.41, 5.74) is 2.30. The monoisotopic (exact) mass is 532 g/mol. The van der Waals surface area contributed by atoms with E-state index in [1.807, 2.05) is 56.3 Å². The number of amides is 4. The summed E-state index contributed by atoms with van der Waals surface area (Å²) < 4.78 is 0. The highest BCUT2D eigenvalue weighted by Crippen LogP contribution is 2.32. The molecule has 0 spiro atoms. The second kappa shape index (κ2) is 12.8. The number of hydrogen-bond acceptors (Lipinski definition) is 7. The number of carbonyl (C=O) groups is 4. The molecule has 4 rings (SSSR count). The molecule has 0 aliphatic carbocycles. The van der Waals surface area contributed by atoms with Crippen molar-refractivity contribution in [3.8, 4) is 0 Å². The van der Waals surface area contributed by atoms with E-state index in [-0.39, 0.29) is 37.2 Å². The maximum absolute atomic E-state index is 13.4. The summed E-state index contributed by atoms with van der Waals surface area (Å²) in [6.45, 7) is 3.53. The van der Waals surface area contributed by atoms with Crippen LogP contribution in [0.1, 0.15) is 37.2 Å². The molecule has 1 aromatic heterocycles. The zero-order valence-electron chi connectivity index (χ0n) is 21.9. The SMILES string of the molecule is CC[C@H](C)[C@H](NC(=O)Cc1ccccc1)C(=O)NCC(=O)N1c2ccccc2C[C@H]1C(=O)NCc1nn[nH]n1. The van der Waals surface area contributed by atoms with Gasteiger partial charge in [0.15, 0.2) is 5.82 Å². The molecule has 3 aromatic rings. The number of carbonyl (C=O) groups excluding carboxylic acids is 4. The number of tetrazole rings is 1. The summed E-state index contributed by atoms with van der Waals surface area (Å²) in [5.74, 6) is -1.39. The fourth-order valence-electron chi connectivity index (χ4n) is 4.51. The molecule has 204 valence electrons. The van der Waals surface area contributed by atoms with Gasteiger partial charge in [-0.3, -0.25) is 24.1 Å². The Balaban J connectivity index is 1.41. The molecule has 2 heterocycles. The number of para-hydroxylation sites is 1. The Morgan fingerprint density at radius 2 is 1.79 bits per heavy atom. The molecule has 2 aromatic carbocycles. The van der Waals surface area contributed by atoms with Crippen molar-refractivity contribution in [2.24, 2.45) is 5.92 Å². The van der Waals surface area contributed by atoms with Gasteiger partial charge >= 0.3 is 0 Å². The molecule has 0 saturated carbocycles. The zero-order valence-corrected chi connectivity index (χ0v) is 21.9. The smallest absolute Gasteiger partial charge is 0.247 e. The largest absolute Gasteiger partial charge is 0.347 e. The molecule has 3 atom stereocenters. The van der Waals surface area contributed by atoms with E-state index in [4.69, 9.17) is 0 Å². The average molecular weight is 533 g/mol. The molecule has 4 amide bonds. The van der Waals surface area contributed by atoms with Crippen LogP contribution in [0.3, 0.4) is 0 Å². The minimum Gasteiger partial charge on any atom is -0.347 e. The van der Waals surface area contributed by atoms with Gasteiger partial charge in [0, 0.05) is 12.1 Å². The summed E-state index contributed by atoms with van der Waals surface area (Å²) in [7, 11) is 0. The highest BCUT2D eigenvalue weighted by Gasteiger charge is 2.38. The molecular weight excluding hydrogens is 500 g/mol. The predicted octanol–water partition coefficient (Wildman–Crippen LogP) is 0.664. The quantitative estimate of drug-likeness (QED) is 0.282. The van der Waals surface area contributed by atoms with E-state index in [0.717, 1.165) is 11.1 Å². The van der Waals surface area contributed by atoms with Crippen LogP contribution in [0, 0.1) is 5.92 Å². The molecule has 1 aliphatic heterocycles. The maximum atomic E-state index is 13.4. The highest BCUT2D eigenvalue weighted by molar-refractivity contribution is 6.05. The van der Waals surface area contributed by atoms with E-state index in [0.29, 0.717) is 24.4 Å². The Morgan fingerprint density at radius 3 is 2.51 bits per heavy atom. The number of rotatable bonds is 11. The van der Waals surface area contributed by atoms with Crippen LogP contribution in [0.2, 0.25) is 0 Å². The lowest BCUT2D eigenvalue weighted by molar-refractivity contribution is -0.131. The Kier molecular flexibility index (Phi) is 8.97. The van der Waals surface area contributed by atoms with Crippen molar-refractivity contribution in [2.75, 3.05) is 11.4 Å². The van der Waals surface area contributed by atoms with Gasteiger partial charge in [0.25, 0.3) is 0 Å². The molecule has 1 aliphatic rings. The van der Waals surface area contributed by atoms with E-state index in [9.17, 15) is 19.2 Å². The number of hydrogen-bond donors (Lipinski definition) is 4. The molecule has 0 unspecified atom stereocenters. The van der Waals surface area contributed by atoms with Gasteiger partial charge in [-0.2, -0.15) is 5.21 Å². The van der Waals surface area contributed by atoms with E-state index in [1.165, 1.54) is 4.90 Å². The third-order valence-corrected chi connectivity index (χ3v) is 6.79. The number of fused-ring (bicyclic) bond motifs is 1. The summed E-state index contributed by atoms with van der Waals surface area (Å²) in [4.78, 5) is 53.7. The van der Waals surface area contributed by atoms with E-state index in [2.05, 4.69) is 36.6 Å². The van der Waals surface area contributed by atoms with Crippen molar-refractivity contribution in [1.82, 2.24) is 36.6 Å². The van der Waals surface area contributed by atoms with Crippen LogP contribution in [0.15, 0.2) is 54.6 Å². The van der Waals surface area contributed by atoms with Crippen molar-refractivity contribution < 1.29 is 19.2 Å². The Labute approximate surface area is 225 Å². The fourth-order valence-corrected chi connectivity index (χ4v) is 4.51. The van der Waals surface area contributed by atoms with Gasteiger partial charge in [-0.05, 0) is 23.1 Å². The molecule has 0 fully saturated rings. The van der Waals surface area contributed by atoms with Crippen molar-refractivity contribution in [1.29, 1.82) is 0 Å². The van der Waals surface area contributed by atoms with Gasteiger partial charge in [-0.1, -0.05) is 74.0 Å². The summed E-state index contributed by atoms with van der Waals surface area (Å²) in [6.07, 6.45) is 1.13. The maximum Gasteiger partial charge on any atom is 0.247 e. The number of nitrogens with one attached hydrogen (secondary N) is 4. The minimum absolute atomic E-state index is 0.0558. The van der Waals surface area contributed by atoms with Crippen molar-refractivity contribution >= 4 is 29.3 Å². The topological polar surface area (TPSA) is 162 Å². The number of anilines is 1. The molecule has 0 saturated heterocycles. The summed E-state index contributed by atoms with van der Waals surface area (Å²) in [5, 5.41) is 21.7. The highest BCUT2D eigenvalue weighted by atomic mass is 16.2. The van der Waals surface area contributed by atoms with Gasteiger partial charge in [-0.25, -0.2) is 0 Å². The molecule has 12 heteroatoms. The minimum atomic E-state index is -0.807. The lowest BCUT2D eigenvalue weighted by Crippen LogP contribution is -2.54. The van der Waals surface area contributed by atoms with Crippen LogP contribution in [0.25, 0.3) is 0 Å². The van der Waals surface area contributed by atoms with Crippen LogP contribution in [0.5, 0.6) is 0 Å². The standard InChI is InChI=1S/C27H32N8O4/c1-3-17(2)25(30-23(36)13-18-9-5-4-6-10-18)27(39)29-16-24(37)35-20-12-8-7-11-19(20)14-21(35)26(38)28-15-22-31-33-34-32-22/h4-12,17,21,25H,3,13-16H2,1-2H3,(H,28,38)(H,29,39)(H,30,36)(H,31,32,33,34)/t17-,21-,25-/m0/s1. The molecule has 12 nitrogen and oxygen atoms in total. The Hall–Kier alpha value is -4.61. The lowest BCUT2D eigenvalue weighted by Gasteiger charge is -2.26. The van der Waals surface area contributed by atoms with Crippen LogP contribution in [-0.2, 0) is 38.6 Å². The van der Waals surface area contributed by atoms with Crippen LogP contribution >= 0.6 is 0 Å². The van der Waals surface area contributed by atoms with Crippen LogP contribution < -0.4 is 20.9 Å².